The second kappa shape index (κ2) is 11.1. The van der Waals surface area contributed by atoms with E-state index >= 15 is 0 Å². The maximum absolute atomic E-state index is 13.2. The average molecular weight is 575 g/mol. The average Bonchev–Trinajstić information content (AvgIpc) is 3.13. The van der Waals surface area contributed by atoms with Gasteiger partial charge < -0.3 is 9.47 Å². The van der Waals surface area contributed by atoms with Crippen LogP contribution in [-0.2, 0) is 11.0 Å². The molecule has 7 nitrogen and oxygen atoms in total. The summed E-state index contributed by atoms with van der Waals surface area (Å²) in [7, 11) is 0. The number of nitrogens with zero attached hydrogens (tertiary/aromatic N) is 2. The molecule has 1 heterocycles. The third-order valence-corrected chi connectivity index (χ3v) is 6.96. The van der Waals surface area contributed by atoms with E-state index in [1.54, 1.807) is 25.1 Å². The molecule has 1 amide bonds. The lowest BCUT2D eigenvalue weighted by Gasteiger charge is -2.17. The van der Waals surface area contributed by atoms with Crippen molar-refractivity contribution in [3.63, 3.8) is 0 Å². The fourth-order valence-electron chi connectivity index (χ4n) is 3.89. The summed E-state index contributed by atoms with van der Waals surface area (Å²) in [4.78, 5) is 25.6. The van der Waals surface area contributed by atoms with E-state index in [4.69, 9.17) is 21.7 Å². The highest BCUT2D eigenvalue weighted by molar-refractivity contribution is 8.27. The first-order valence-electron chi connectivity index (χ1n) is 11.5. The number of carbonyl (C=O) groups is 1. The van der Waals surface area contributed by atoms with Gasteiger partial charge in [0.05, 0.1) is 27.7 Å². The van der Waals surface area contributed by atoms with Crippen LogP contribution in [0, 0.1) is 24.0 Å². The van der Waals surface area contributed by atoms with Gasteiger partial charge in [-0.1, -0.05) is 47.7 Å². The van der Waals surface area contributed by atoms with Crippen LogP contribution in [0.4, 0.5) is 24.5 Å². The van der Waals surface area contributed by atoms with E-state index in [1.807, 2.05) is 32.0 Å². The van der Waals surface area contributed by atoms with Crippen molar-refractivity contribution < 1.29 is 32.4 Å². The highest BCUT2D eigenvalue weighted by Gasteiger charge is 2.35. The Bertz CT molecular complexity index is 1520. The molecule has 3 aromatic rings. The molecule has 0 aromatic heterocycles. The second-order valence-electron chi connectivity index (χ2n) is 8.49. The van der Waals surface area contributed by atoms with Gasteiger partial charge in [-0.25, -0.2) is 0 Å². The quantitative estimate of drug-likeness (QED) is 0.123. The molecule has 1 saturated heterocycles. The maximum atomic E-state index is 13.2. The zero-order valence-corrected chi connectivity index (χ0v) is 22.5. The monoisotopic (exact) mass is 574 g/mol. The number of nitro groups is 1. The van der Waals surface area contributed by atoms with E-state index in [9.17, 15) is 28.1 Å². The van der Waals surface area contributed by atoms with Gasteiger partial charge >= 0.3 is 11.9 Å². The number of hydrogen-bond acceptors (Lipinski definition) is 7. The number of alkyl halides is 3. The molecule has 0 saturated carbocycles. The summed E-state index contributed by atoms with van der Waals surface area (Å²) >= 11 is 6.62. The zero-order valence-electron chi connectivity index (χ0n) is 20.9. The molecule has 202 valence electrons. The van der Waals surface area contributed by atoms with E-state index in [0.717, 1.165) is 29.0 Å². The number of ether oxygens (including phenoxy) is 2. The Hall–Kier alpha value is -3.90. The fourth-order valence-corrected chi connectivity index (χ4v) is 5.18. The van der Waals surface area contributed by atoms with Gasteiger partial charge in [0.15, 0.2) is 15.8 Å². The number of anilines is 1. The van der Waals surface area contributed by atoms with Gasteiger partial charge in [0.25, 0.3) is 5.91 Å². The number of thiocarbonyl (C=S) groups is 1. The van der Waals surface area contributed by atoms with Crippen LogP contribution < -0.4 is 14.4 Å². The number of carbonyl (C=O) groups excluding carboxylic acids is 1. The molecule has 4 rings (SSSR count). The Morgan fingerprint density at radius 3 is 2.41 bits per heavy atom. The van der Waals surface area contributed by atoms with Crippen molar-refractivity contribution in [1.29, 1.82) is 0 Å². The molecule has 1 fully saturated rings. The molecule has 1 aliphatic heterocycles. The van der Waals surface area contributed by atoms with Gasteiger partial charge in [-0.15, -0.1) is 0 Å². The van der Waals surface area contributed by atoms with Crippen LogP contribution in [0.15, 0.2) is 59.5 Å². The lowest BCUT2D eigenvalue weighted by Crippen LogP contribution is -2.28. The smallest absolute Gasteiger partial charge is 0.416 e. The molecule has 39 heavy (non-hydrogen) atoms. The third kappa shape index (κ3) is 6.07. The molecule has 3 aromatic carbocycles. The van der Waals surface area contributed by atoms with Crippen molar-refractivity contribution in [1.82, 2.24) is 0 Å². The van der Waals surface area contributed by atoms with Crippen molar-refractivity contribution >= 4 is 51.7 Å². The van der Waals surface area contributed by atoms with Gasteiger partial charge in [-0.2, -0.15) is 13.2 Å². The fraction of sp³-hybridized carbons (Fsp3) is 0.185. The Kier molecular flexibility index (Phi) is 7.98. The van der Waals surface area contributed by atoms with Crippen molar-refractivity contribution in [2.24, 2.45) is 0 Å². The van der Waals surface area contributed by atoms with E-state index < -0.39 is 22.4 Å². The maximum Gasteiger partial charge on any atom is 0.416 e. The highest BCUT2D eigenvalue weighted by Crippen LogP contribution is 2.42. The Balaban J connectivity index is 1.65. The molecule has 0 spiro atoms. The predicted molar refractivity (Wildman–Crippen MR) is 147 cm³/mol. The second-order valence-corrected chi connectivity index (χ2v) is 10.2. The predicted octanol–water partition coefficient (Wildman–Crippen LogP) is 7.83. The van der Waals surface area contributed by atoms with Crippen LogP contribution in [-0.4, -0.2) is 21.8 Å². The third-order valence-electron chi connectivity index (χ3n) is 5.66. The number of hydrogen-bond donors (Lipinski definition) is 0. The van der Waals surface area contributed by atoms with Crippen LogP contribution >= 0.6 is 24.0 Å². The summed E-state index contributed by atoms with van der Waals surface area (Å²) in [5, 5.41) is 11.4. The summed E-state index contributed by atoms with van der Waals surface area (Å²) in [5.41, 5.74) is 1.22. The van der Waals surface area contributed by atoms with E-state index in [2.05, 4.69) is 0 Å². The van der Waals surface area contributed by atoms with Crippen LogP contribution in [0.3, 0.4) is 0 Å². The number of rotatable bonds is 7. The molecule has 0 N–H and O–H groups in total. The molecule has 12 heteroatoms. The standard InChI is InChI=1S/C27H21F3N2O5S2/c1-4-36-23-12-17(13-24-25(33)31(26(38)39-24)19-8-5-15(2)11-16(19)3)6-9-22(23)37-21-10-7-18(27(28,29)30)14-20(21)32(34)35/h5-14H,4H2,1-3H3/b24-13+. The number of halogens is 3. The molecule has 0 unspecified atom stereocenters. The van der Waals surface area contributed by atoms with Crippen LogP contribution in [0.5, 0.6) is 17.2 Å². The number of benzene rings is 3. The van der Waals surface area contributed by atoms with Gasteiger partial charge in [0, 0.05) is 6.07 Å². The molecule has 0 aliphatic carbocycles. The first kappa shape index (κ1) is 28.1. The molecule has 0 radical (unpaired) electrons. The van der Waals surface area contributed by atoms with Gasteiger partial charge in [0.1, 0.15) is 0 Å². The van der Waals surface area contributed by atoms with Gasteiger partial charge in [-0.3, -0.25) is 19.8 Å². The van der Waals surface area contributed by atoms with Crippen LogP contribution in [0.25, 0.3) is 6.08 Å². The first-order chi connectivity index (χ1) is 18.4. The molecule has 1 aliphatic rings. The van der Waals surface area contributed by atoms with E-state index in [-0.39, 0.29) is 29.8 Å². The van der Waals surface area contributed by atoms with Crippen molar-refractivity contribution in [3.8, 4) is 17.2 Å². The summed E-state index contributed by atoms with van der Waals surface area (Å²) < 4.78 is 50.8. The van der Waals surface area contributed by atoms with Gasteiger partial charge in [-0.05, 0) is 68.3 Å². The minimum absolute atomic E-state index is 0.0553. The molecular formula is C27H21F3N2O5S2. The lowest BCUT2D eigenvalue weighted by molar-refractivity contribution is -0.385. The zero-order chi connectivity index (χ0) is 28.5. The summed E-state index contributed by atoms with van der Waals surface area (Å²) in [6.45, 7) is 5.79. The van der Waals surface area contributed by atoms with E-state index in [0.29, 0.717) is 32.6 Å². The highest BCUT2D eigenvalue weighted by atomic mass is 32.2. The van der Waals surface area contributed by atoms with E-state index in [1.165, 1.54) is 11.0 Å². The number of amides is 1. The summed E-state index contributed by atoms with van der Waals surface area (Å²) in [6.07, 6.45) is -3.11. The topological polar surface area (TPSA) is 81.9 Å². The largest absolute Gasteiger partial charge is 0.490 e. The Labute approximate surface area is 231 Å². The Morgan fingerprint density at radius 2 is 1.77 bits per heavy atom. The van der Waals surface area contributed by atoms with Crippen molar-refractivity contribution in [2.45, 2.75) is 26.9 Å². The minimum atomic E-state index is -4.75. The molecular weight excluding hydrogens is 553 g/mol. The van der Waals surface area contributed by atoms with Crippen LogP contribution in [0.1, 0.15) is 29.2 Å². The SMILES string of the molecule is CCOc1cc(/C=C2/SC(=S)N(c3ccc(C)cc3C)C2=O)ccc1Oc1ccc(C(F)(F)F)cc1[N+](=O)[O-]. The normalized spacial score (nSPS) is 14.7. The number of aryl methyl sites for hydroxylation is 2. The van der Waals surface area contributed by atoms with Gasteiger partial charge in [0.2, 0.25) is 5.75 Å². The minimum Gasteiger partial charge on any atom is -0.490 e. The number of nitro benzene ring substituents is 1. The van der Waals surface area contributed by atoms with Crippen LogP contribution in [0.2, 0.25) is 0 Å². The Morgan fingerprint density at radius 1 is 1.05 bits per heavy atom. The molecule has 0 bridgehead atoms. The van der Waals surface area contributed by atoms with Crippen molar-refractivity contribution in [2.75, 3.05) is 11.5 Å². The first-order valence-corrected chi connectivity index (χ1v) is 12.8. The number of thioether (sulfide) groups is 1. The van der Waals surface area contributed by atoms with Crippen molar-refractivity contribution in [3.05, 3.63) is 91.9 Å². The summed E-state index contributed by atoms with van der Waals surface area (Å²) in [5.74, 6) is -0.420. The lowest BCUT2D eigenvalue weighted by atomic mass is 10.1. The summed E-state index contributed by atoms with van der Waals surface area (Å²) in [6, 6.07) is 12.3. The molecule has 0 atom stereocenters.